The molecule has 0 saturated heterocycles. The van der Waals surface area contributed by atoms with Crippen LogP contribution in [0.4, 0.5) is 0 Å². The molecule has 31 heavy (non-hydrogen) atoms. The number of fused-ring (bicyclic) bond motifs is 2. The zero-order valence-corrected chi connectivity index (χ0v) is 24.5. The maximum atomic E-state index is 2.52. The Balaban J connectivity index is 0.00000171. The normalized spacial score (nSPS) is 18.4. The van der Waals surface area contributed by atoms with Crippen LogP contribution in [0.25, 0.3) is 12.2 Å². The van der Waals surface area contributed by atoms with Gasteiger partial charge in [0.05, 0.1) is 0 Å². The Hall–Kier alpha value is -0.617. The van der Waals surface area contributed by atoms with E-state index in [1.807, 2.05) is 0 Å². The molecule has 0 radical (unpaired) electrons. The molecule has 0 aliphatic heterocycles. The third kappa shape index (κ3) is 3.88. The van der Waals surface area contributed by atoms with Gasteiger partial charge < -0.3 is 24.8 Å². The van der Waals surface area contributed by atoms with Crippen LogP contribution in [0.1, 0.15) is 87.9 Å². The molecule has 0 spiro atoms. The Morgan fingerprint density at radius 3 is 1.06 bits per heavy atom. The average molecular weight is 533 g/mol. The molecule has 2 unspecified atom stereocenters. The molecule has 0 heterocycles. The summed E-state index contributed by atoms with van der Waals surface area (Å²) in [5.74, 6) is 0. The summed E-state index contributed by atoms with van der Waals surface area (Å²) in [7, 11) is 0. The fraction of sp³-hybridized carbons (Fsp3) is 0.429. The van der Waals surface area contributed by atoms with Crippen molar-refractivity contribution >= 4 is 12.2 Å². The number of hydrogen-bond acceptors (Lipinski definition) is 0. The van der Waals surface area contributed by atoms with E-state index >= 15 is 0 Å². The largest absolute Gasteiger partial charge is 1.00 e. The van der Waals surface area contributed by atoms with Crippen LogP contribution in [0.3, 0.4) is 0 Å². The van der Waals surface area contributed by atoms with Gasteiger partial charge in [-0.2, -0.15) is 0 Å². The first-order chi connectivity index (χ1) is 13.6. The summed E-state index contributed by atoms with van der Waals surface area (Å²) in [6, 6.07) is 0. The van der Waals surface area contributed by atoms with Crippen LogP contribution in [-0.2, 0) is 23.2 Å². The number of rotatable bonds is 2. The summed E-state index contributed by atoms with van der Waals surface area (Å²) < 4.78 is 1.40. The van der Waals surface area contributed by atoms with E-state index in [-0.39, 0.29) is 24.8 Å². The molecule has 2 aliphatic carbocycles. The van der Waals surface area contributed by atoms with Crippen LogP contribution >= 0.6 is 0 Å². The first-order valence-corrected chi connectivity index (χ1v) is 13.7. The maximum absolute atomic E-state index is 2.52. The Morgan fingerprint density at radius 1 is 0.452 bits per heavy atom. The van der Waals surface area contributed by atoms with Crippen molar-refractivity contribution in [2.75, 3.05) is 0 Å². The molecule has 164 valence electrons. The SMILES string of the molecule is CC1=Cc2c(C)c(C)c(C)c(C)c2[CH]1[Zr+2][CH]1C(C)=Cc2c(C)c(C)c(C)c(C)c21.[Cl-].[Cl-]. The predicted molar refractivity (Wildman–Crippen MR) is 124 cm³/mol. The third-order valence-corrected chi connectivity index (χ3v) is 13.4. The topological polar surface area (TPSA) is 0 Å². The van der Waals surface area contributed by atoms with Crippen molar-refractivity contribution in [2.45, 2.75) is 76.5 Å². The van der Waals surface area contributed by atoms with Gasteiger partial charge in [-0.15, -0.1) is 0 Å². The van der Waals surface area contributed by atoms with Crippen molar-refractivity contribution in [3.8, 4) is 0 Å². The molecule has 0 amide bonds. The molecule has 4 rings (SSSR count). The molecule has 0 saturated carbocycles. The fourth-order valence-electron chi connectivity index (χ4n) is 5.53. The molecule has 0 fully saturated rings. The molecular weight excluding hydrogens is 498 g/mol. The van der Waals surface area contributed by atoms with Gasteiger partial charge in [0.15, 0.2) is 0 Å². The minimum Gasteiger partial charge on any atom is -1.00 e. The van der Waals surface area contributed by atoms with Gasteiger partial charge in [-0.25, -0.2) is 0 Å². The van der Waals surface area contributed by atoms with E-state index in [1.54, 1.807) is 44.5 Å². The molecule has 0 N–H and O–H groups in total. The van der Waals surface area contributed by atoms with Crippen molar-refractivity contribution in [1.29, 1.82) is 0 Å². The Kier molecular flexibility index (Phi) is 8.01. The van der Waals surface area contributed by atoms with E-state index in [0.29, 0.717) is 7.25 Å². The summed E-state index contributed by atoms with van der Waals surface area (Å²) in [5.41, 5.74) is 21.7. The van der Waals surface area contributed by atoms with Gasteiger partial charge in [-0.05, 0) is 0 Å². The van der Waals surface area contributed by atoms with Gasteiger partial charge in [0.2, 0.25) is 0 Å². The van der Waals surface area contributed by atoms with Crippen molar-refractivity contribution in [3.05, 3.63) is 77.9 Å². The van der Waals surface area contributed by atoms with E-state index in [1.165, 1.54) is 33.4 Å². The Labute approximate surface area is 213 Å². The molecule has 2 aromatic rings. The second-order valence-electron chi connectivity index (χ2n) is 9.46. The van der Waals surface area contributed by atoms with Crippen molar-refractivity contribution < 1.29 is 48.0 Å². The van der Waals surface area contributed by atoms with Crippen LogP contribution in [0, 0.1) is 55.4 Å². The first kappa shape index (κ1) is 26.6. The van der Waals surface area contributed by atoms with Crippen LogP contribution in [0.5, 0.6) is 0 Å². The van der Waals surface area contributed by atoms with Gasteiger partial charge in [-0.3, -0.25) is 0 Å². The smallest absolute Gasteiger partial charge is 1.00 e. The fourth-order valence-corrected chi connectivity index (χ4v) is 10.7. The van der Waals surface area contributed by atoms with E-state index in [2.05, 4.69) is 81.4 Å². The number of halogens is 2. The van der Waals surface area contributed by atoms with Crippen molar-refractivity contribution in [3.63, 3.8) is 0 Å². The van der Waals surface area contributed by atoms with Gasteiger partial charge in [0, 0.05) is 0 Å². The molecule has 2 aliphatic rings. The monoisotopic (exact) mass is 530 g/mol. The second kappa shape index (κ2) is 9.32. The summed E-state index contributed by atoms with van der Waals surface area (Å²) in [6.45, 7) is 23.4. The van der Waals surface area contributed by atoms with Crippen LogP contribution in [0.15, 0.2) is 11.1 Å². The Morgan fingerprint density at radius 2 is 0.742 bits per heavy atom. The predicted octanol–water partition coefficient (Wildman–Crippen LogP) is 1.86. The molecule has 0 aromatic heterocycles. The molecule has 0 nitrogen and oxygen atoms in total. The minimum absolute atomic E-state index is 0. The van der Waals surface area contributed by atoms with Crippen LogP contribution < -0.4 is 24.8 Å². The number of benzene rings is 2. The van der Waals surface area contributed by atoms with E-state index in [0.717, 1.165) is 0 Å². The zero-order valence-electron chi connectivity index (χ0n) is 20.6. The number of allylic oxidation sites excluding steroid dienone is 2. The molecule has 2 aromatic carbocycles. The van der Waals surface area contributed by atoms with Crippen LogP contribution in [-0.4, -0.2) is 0 Å². The van der Waals surface area contributed by atoms with E-state index < -0.39 is 23.2 Å². The minimum atomic E-state index is -0.776. The summed E-state index contributed by atoms with van der Waals surface area (Å²) >= 11 is -0.776. The molecular formula is C28H34Cl2Zr. The molecule has 3 heteroatoms. The van der Waals surface area contributed by atoms with Gasteiger partial charge in [0.25, 0.3) is 0 Å². The Bertz CT molecular complexity index is 1050. The summed E-state index contributed by atoms with van der Waals surface area (Å²) in [5, 5.41) is 0. The molecule has 2 atom stereocenters. The average Bonchev–Trinajstić information content (AvgIpc) is 3.19. The third-order valence-electron chi connectivity index (χ3n) is 8.14. The molecule has 0 bridgehead atoms. The van der Waals surface area contributed by atoms with E-state index in [4.69, 9.17) is 0 Å². The van der Waals surface area contributed by atoms with Crippen molar-refractivity contribution in [1.82, 2.24) is 0 Å². The maximum Gasteiger partial charge on any atom is -1.00 e. The zero-order chi connectivity index (χ0) is 21.4. The van der Waals surface area contributed by atoms with E-state index in [9.17, 15) is 0 Å². The van der Waals surface area contributed by atoms with Crippen molar-refractivity contribution in [2.24, 2.45) is 0 Å². The first-order valence-electron chi connectivity index (χ1n) is 10.9. The quantitative estimate of drug-likeness (QED) is 0.554. The second-order valence-corrected chi connectivity index (χ2v) is 13.1. The van der Waals surface area contributed by atoms with Gasteiger partial charge >= 0.3 is 190 Å². The summed E-state index contributed by atoms with van der Waals surface area (Å²) in [4.78, 5) is 0. The van der Waals surface area contributed by atoms with Crippen LogP contribution in [0.2, 0.25) is 0 Å². The van der Waals surface area contributed by atoms with Gasteiger partial charge in [-0.1, -0.05) is 0 Å². The standard InChI is InChI=1S/2C14H17.2ClH.Zr/c2*1-8-6-13-11(4)9(2)10(3)12(5)14(13)7-8;;;/h2*6-7H,1-5H3;2*1H;/q;;;;+2/p-2. The number of hydrogen-bond donors (Lipinski definition) is 0. The van der Waals surface area contributed by atoms with Gasteiger partial charge in [0.1, 0.15) is 0 Å². The summed E-state index contributed by atoms with van der Waals surface area (Å²) in [6.07, 6.45) is 5.03.